The van der Waals surface area contributed by atoms with Crippen molar-refractivity contribution in [1.29, 1.82) is 0 Å². The summed E-state index contributed by atoms with van der Waals surface area (Å²) < 4.78 is 98.7. The molecule has 1 aliphatic rings. The lowest BCUT2D eigenvalue weighted by Gasteiger charge is -2.24. The molecule has 0 saturated carbocycles. The highest BCUT2D eigenvalue weighted by Gasteiger charge is 2.37. The van der Waals surface area contributed by atoms with Crippen molar-refractivity contribution in [3.05, 3.63) is 64.7 Å². The van der Waals surface area contributed by atoms with E-state index in [4.69, 9.17) is 11.5 Å². The molecule has 4 rings (SSSR count). The second-order valence-electron chi connectivity index (χ2n) is 7.75. The summed E-state index contributed by atoms with van der Waals surface area (Å²) in [5, 5.41) is 2.54. The van der Waals surface area contributed by atoms with Crippen LogP contribution < -0.4 is 16.8 Å². The topological polar surface area (TPSA) is 261 Å². The largest absolute Gasteiger partial charge is 0.398 e. The molecule has 1 aliphatic carbocycles. The predicted octanol–water partition coefficient (Wildman–Crippen LogP) is 1.11. The van der Waals surface area contributed by atoms with Crippen molar-refractivity contribution in [3.63, 3.8) is 0 Å². The zero-order valence-electron chi connectivity index (χ0n) is 18.0. The molecule has 0 radical (unpaired) electrons. The second-order valence-corrected chi connectivity index (χ2v) is 12.0. The van der Waals surface area contributed by atoms with Crippen LogP contribution in [0.15, 0.2) is 57.2 Å². The van der Waals surface area contributed by atoms with Gasteiger partial charge in [0.2, 0.25) is 0 Å². The normalized spacial score (nSPS) is 13.7. The summed E-state index contributed by atoms with van der Waals surface area (Å²) >= 11 is 0. The van der Waals surface area contributed by atoms with Crippen LogP contribution in [0.5, 0.6) is 0 Å². The highest BCUT2D eigenvalue weighted by atomic mass is 32.2. The lowest BCUT2D eigenvalue weighted by atomic mass is 9.82. The minimum absolute atomic E-state index is 0.159. The number of anilines is 4. The second kappa shape index (κ2) is 8.33. The van der Waals surface area contributed by atoms with Gasteiger partial charge in [0.15, 0.2) is 11.6 Å². The Balaban J connectivity index is 2.03. The van der Waals surface area contributed by atoms with Crippen molar-refractivity contribution in [2.45, 2.75) is 14.7 Å². The van der Waals surface area contributed by atoms with Crippen LogP contribution in [0.2, 0.25) is 0 Å². The fourth-order valence-electron chi connectivity index (χ4n) is 3.79. The first-order valence-electron chi connectivity index (χ1n) is 9.70. The van der Waals surface area contributed by atoms with Gasteiger partial charge >= 0.3 is 0 Å². The first kappa shape index (κ1) is 26.2. The lowest BCUT2D eigenvalue weighted by Crippen LogP contribution is -2.25. The molecule has 8 N–H and O–H groups in total. The molecule has 3 aromatic rings. The van der Waals surface area contributed by atoms with E-state index >= 15 is 0 Å². The van der Waals surface area contributed by atoms with Crippen molar-refractivity contribution in [1.82, 2.24) is 0 Å². The number of nitrogens with one attached hydrogen (secondary N) is 1. The van der Waals surface area contributed by atoms with E-state index in [1.54, 1.807) is 0 Å². The van der Waals surface area contributed by atoms with Crippen LogP contribution in [-0.4, -0.2) is 50.5 Å². The first-order chi connectivity index (χ1) is 16.9. The molecule has 37 heavy (non-hydrogen) atoms. The average Bonchev–Trinajstić information content (AvgIpc) is 2.77. The number of rotatable bonds is 5. The van der Waals surface area contributed by atoms with Crippen LogP contribution in [0.3, 0.4) is 0 Å². The minimum atomic E-state index is -5.06. The first-order valence-corrected chi connectivity index (χ1v) is 14.0. The van der Waals surface area contributed by atoms with Gasteiger partial charge < -0.3 is 16.8 Å². The fraction of sp³-hybridized carbons (Fsp3) is 0. The van der Waals surface area contributed by atoms with Crippen LogP contribution in [-0.2, 0) is 30.4 Å². The summed E-state index contributed by atoms with van der Waals surface area (Å²) in [6.45, 7) is 0. The molecule has 0 heterocycles. The Hall–Kier alpha value is -3.87. The molecule has 0 atom stereocenters. The Bertz CT molecular complexity index is 1880. The zero-order chi connectivity index (χ0) is 27.7. The number of carbonyl (C=O) groups excluding carboxylic acids is 2. The van der Waals surface area contributed by atoms with Crippen LogP contribution in [0, 0.1) is 0 Å². The van der Waals surface area contributed by atoms with Crippen molar-refractivity contribution in [2.75, 3.05) is 16.8 Å². The zero-order valence-corrected chi connectivity index (χ0v) is 20.5. The van der Waals surface area contributed by atoms with Gasteiger partial charge in [-0.1, -0.05) is 0 Å². The van der Waals surface area contributed by atoms with Gasteiger partial charge in [0, 0.05) is 16.8 Å². The van der Waals surface area contributed by atoms with E-state index < -0.39 is 84.7 Å². The minimum Gasteiger partial charge on any atom is -0.398 e. The van der Waals surface area contributed by atoms with Crippen molar-refractivity contribution < 1.29 is 48.5 Å². The predicted molar refractivity (Wildman–Crippen MR) is 128 cm³/mol. The van der Waals surface area contributed by atoms with Gasteiger partial charge in [-0.3, -0.25) is 23.2 Å². The number of nitrogens with two attached hydrogens (primary N) is 2. The summed E-state index contributed by atoms with van der Waals surface area (Å²) in [5.41, 5.74) is 7.67. The smallest absolute Gasteiger partial charge is 0.296 e. The maximum absolute atomic E-state index is 13.4. The molecule has 194 valence electrons. The molecule has 0 bridgehead atoms. The van der Waals surface area contributed by atoms with E-state index in [1.807, 2.05) is 0 Å². The fourth-order valence-corrected chi connectivity index (χ4v) is 5.58. The maximum Gasteiger partial charge on any atom is 0.296 e. The van der Waals surface area contributed by atoms with Gasteiger partial charge in [0.1, 0.15) is 9.79 Å². The van der Waals surface area contributed by atoms with Crippen LogP contribution in [0.25, 0.3) is 0 Å². The molecular weight excluding hydrogens is 554 g/mol. The van der Waals surface area contributed by atoms with Crippen molar-refractivity contribution >= 4 is 64.7 Å². The molecule has 0 spiro atoms. The van der Waals surface area contributed by atoms with E-state index in [0.717, 1.165) is 30.3 Å². The molecule has 0 aromatic heterocycles. The van der Waals surface area contributed by atoms with Crippen LogP contribution in [0.1, 0.15) is 31.8 Å². The van der Waals surface area contributed by atoms with Gasteiger partial charge in [-0.25, -0.2) is 0 Å². The number of benzene rings is 3. The lowest BCUT2D eigenvalue weighted by molar-refractivity contribution is 0.0980. The van der Waals surface area contributed by atoms with Gasteiger partial charge in [-0.2, -0.15) is 25.3 Å². The van der Waals surface area contributed by atoms with Crippen LogP contribution in [0.4, 0.5) is 22.7 Å². The molecule has 0 fully saturated rings. The van der Waals surface area contributed by atoms with E-state index in [9.17, 15) is 48.5 Å². The van der Waals surface area contributed by atoms with E-state index in [-0.39, 0.29) is 16.9 Å². The van der Waals surface area contributed by atoms with Crippen LogP contribution >= 0.6 is 0 Å². The Morgan fingerprint density at radius 3 is 1.81 bits per heavy atom. The molecular formula is C20H15N3O11S3. The summed E-state index contributed by atoms with van der Waals surface area (Å²) in [6.07, 6.45) is 0. The number of carbonyl (C=O) groups is 2. The van der Waals surface area contributed by atoms with E-state index in [1.165, 1.54) is 6.07 Å². The summed E-state index contributed by atoms with van der Waals surface area (Å²) in [6, 6.07) is 6.32. The SMILES string of the molecule is Nc1ccc(Nc2cc(S(=O)(=O)O)c(N)c3c2C(=O)c2cc(S(=O)(=O)O)ccc2C3=O)cc1S(=O)(=O)O. The summed E-state index contributed by atoms with van der Waals surface area (Å²) in [5.74, 6) is -2.02. The molecule has 0 saturated heterocycles. The quantitative estimate of drug-likeness (QED) is 0.145. The standard InChI is InChI=1S/C20H15N3O11S3/c21-12-4-1-8(5-14(12)36(29,30)31)23-13-7-15(37(32,33)34)18(22)17-16(13)20(25)11-6-9(35(26,27)28)2-3-10(11)19(17)24/h1-7,23H,21-22H2,(H,26,27,28)(H,29,30,31)(H,32,33,34). The molecule has 3 aromatic carbocycles. The highest BCUT2D eigenvalue weighted by Crippen LogP contribution is 2.41. The molecule has 17 heteroatoms. The number of hydrogen-bond acceptors (Lipinski definition) is 11. The molecule has 14 nitrogen and oxygen atoms in total. The number of fused-ring (bicyclic) bond motifs is 2. The summed E-state index contributed by atoms with van der Waals surface area (Å²) in [7, 11) is -14.6. The van der Waals surface area contributed by atoms with Gasteiger partial charge in [0.25, 0.3) is 30.4 Å². The van der Waals surface area contributed by atoms with Crippen molar-refractivity contribution in [2.24, 2.45) is 0 Å². The maximum atomic E-state index is 13.4. The van der Waals surface area contributed by atoms with Gasteiger partial charge in [0.05, 0.1) is 33.1 Å². The van der Waals surface area contributed by atoms with Crippen molar-refractivity contribution in [3.8, 4) is 0 Å². The number of hydrogen-bond donors (Lipinski definition) is 6. The third-order valence-electron chi connectivity index (χ3n) is 5.41. The monoisotopic (exact) mass is 569 g/mol. The van der Waals surface area contributed by atoms with Gasteiger partial charge in [-0.05, 0) is 42.5 Å². The Labute approximate surface area is 209 Å². The number of ketones is 2. The van der Waals surface area contributed by atoms with Gasteiger partial charge in [-0.15, -0.1) is 0 Å². The third kappa shape index (κ3) is 4.54. The Kier molecular flexibility index (Phi) is 5.90. The summed E-state index contributed by atoms with van der Waals surface area (Å²) in [4.78, 5) is 24.3. The van der Waals surface area contributed by atoms with E-state index in [2.05, 4.69) is 5.32 Å². The molecule has 0 aliphatic heterocycles. The highest BCUT2D eigenvalue weighted by molar-refractivity contribution is 7.86. The number of nitrogen functional groups attached to an aromatic ring is 2. The molecule has 0 amide bonds. The average molecular weight is 570 g/mol. The Morgan fingerprint density at radius 1 is 0.649 bits per heavy atom. The van der Waals surface area contributed by atoms with E-state index in [0.29, 0.717) is 6.07 Å². The molecule has 0 unspecified atom stereocenters. The Morgan fingerprint density at radius 2 is 1.24 bits per heavy atom. The third-order valence-corrected chi connectivity index (χ3v) is 8.06.